The van der Waals surface area contributed by atoms with E-state index in [2.05, 4.69) is 26.7 Å². The Labute approximate surface area is 126 Å². The summed E-state index contributed by atoms with van der Waals surface area (Å²) < 4.78 is 0. The third-order valence-electron chi connectivity index (χ3n) is 5.47. The number of rotatable bonds is 4. The van der Waals surface area contributed by atoms with E-state index in [9.17, 15) is 5.11 Å². The quantitative estimate of drug-likeness (QED) is 0.589. The number of aliphatic hydroxyl groups excluding tert-OH is 1. The van der Waals surface area contributed by atoms with Crippen molar-refractivity contribution in [1.29, 1.82) is 0 Å². The number of imidazole rings is 1. The fraction of sp³-hybridized carbons (Fsp3) is 0.750. The Kier molecular flexibility index (Phi) is 4.58. The molecule has 21 heavy (non-hydrogen) atoms. The molecule has 2 saturated carbocycles. The van der Waals surface area contributed by atoms with Crippen LogP contribution in [0.25, 0.3) is 0 Å². The normalized spacial score (nSPS) is 33.6. The van der Waals surface area contributed by atoms with Crippen LogP contribution in [0, 0.1) is 17.3 Å². The molecule has 0 unspecified atom stereocenters. The van der Waals surface area contributed by atoms with E-state index < -0.39 is 0 Å². The molecular weight excluding hydrogens is 264 g/mol. The zero-order chi connectivity index (χ0) is 14.5. The maximum absolute atomic E-state index is 9.26. The number of aromatic amines is 1. The van der Waals surface area contributed by atoms with Crippen LogP contribution in [0.3, 0.4) is 0 Å². The summed E-state index contributed by atoms with van der Waals surface area (Å²) in [5.74, 6) is 1.85. The lowest BCUT2D eigenvalue weighted by Gasteiger charge is -2.44. The number of aliphatic hydroxyl groups is 1. The molecule has 5 nitrogen and oxygen atoms in total. The second-order valence-corrected chi connectivity index (χ2v) is 6.79. The summed E-state index contributed by atoms with van der Waals surface area (Å²) in [6, 6.07) is 0. The smallest absolute Gasteiger partial charge is 0.220 e. The van der Waals surface area contributed by atoms with Crippen molar-refractivity contribution in [3.63, 3.8) is 0 Å². The average Bonchev–Trinajstić information content (AvgIpc) is 3.04. The summed E-state index contributed by atoms with van der Waals surface area (Å²) in [5, 5.41) is 13.6. The van der Waals surface area contributed by atoms with Crippen LogP contribution in [0.1, 0.15) is 51.4 Å². The molecule has 0 aromatic carbocycles. The minimum atomic E-state index is 0.379. The molecule has 5 heteroatoms. The highest BCUT2D eigenvalue weighted by Crippen LogP contribution is 2.49. The first-order chi connectivity index (χ1) is 10.3. The third kappa shape index (κ3) is 3.64. The van der Waals surface area contributed by atoms with Gasteiger partial charge in [-0.15, -0.1) is 0 Å². The van der Waals surface area contributed by atoms with Crippen molar-refractivity contribution in [3.8, 4) is 0 Å². The van der Waals surface area contributed by atoms with Crippen LogP contribution in [0.2, 0.25) is 0 Å². The first-order valence-corrected chi connectivity index (χ1v) is 8.19. The Morgan fingerprint density at radius 3 is 2.62 bits per heavy atom. The van der Waals surface area contributed by atoms with Crippen molar-refractivity contribution in [2.75, 3.05) is 12.0 Å². The van der Waals surface area contributed by atoms with Gasteiger partial charge < -0.3 is 10.1 Å². The number of anilines is 1. The molecule has 1 aromatic rings. The van der Waals surface area contributed by atoms with Crippen LogP contribution in [-0.2, 0) is 0 Å². The minimum Gasteiger partial charge on any atom is -0.396 e. The highest BCUT2D eigenvalue weighted by molar-refractivity contribution is 5.61. The zero-order valence-electron chi connectivity index (χ0n) is 12.6. The SMILES string of the molecule is OCC1CCC2(CCC(/C=N/Nc3ncc[nH]3)CC2)CC1. The predicted molar refractivity (Wildman–Crippen MR) is 84.1 cm³/mol. The molecule has 116 valence electrons. The van der Waals surface area contributed by atoms with Gasteiger partial charge in [0.25, 0.3) is 0 Å². The Balaban J connectivity index is 1.44. The first-order valence-electron chi connectivity index (χ1n) is 8.19. The van der Waals surface area contributed by atoms with Gasteiger partial charge in [0.2, 0.25) is 5.95 Å². The van der Waals surface area contributed by atoms with Gasteiger partial charge in [-0.05, 0) is 68.6 Å². The molecule has 1 heterocycles. The molecule has 3 rings (SSSR count). The first kappa shape index (κ1) is 14.6. The second kappa shape index (κ2) is 6.60. The van der Waals surface area contributed by atoms with E-state index in [0.29, 0.717) is 29.8 Å². The molecule has 1 spiro atoms. The molecule has 0 amide bonds. The highest BCUT2D eigenvalue weighted by Gasteiger charge is 2.37. The van der Waals surface area contributed by atoms with Crippen molar-refractivity contribution in [3.05, 3.63) is 12.4 Å². The van der Waals surface area contributed by atoms with E-state index in [0.717, 1.165) is 0 Å². The Hall–Kier alpha value is -1.36. The van der Waals surface area contributed by atoms with Gasteiger partial charge in [0.05, 0.1) is 0 Å². The van der Waals surface area contributed by atoms with Gasteiger partial charge in [-0.25, -0.2) is 10.4 Å². The zero-order valence-corrected chi connectivity index (χ0v) is 12.6. The van der Waals surface area contributed by atoms with Gasteiger partial charge in [0.1, 0.15) is 0 Å². The summed E-state index contributed by atoms with van der Waals surface area (Å²) >= 11 is 0. The maximum atomic E-state index is 9.26. The van der Waals surface area contributed by atoms with E-state index in [-0.39, 0.29) is 0 Å². The van der Waals surface area contributed by atoms with E-state index in [1.54, 1.807) is 12.4 Å². The molecule has 1 aromatic heterocycles. The predicted octanol–water partition coefficient (Wildman–Crippen LogP) is 3.17. The van der Waals surface area contributed by atoms with Gasteiger partial charge >= 0.3 is 0 Å². The summed E-state index contributed by atoms with van der Waals surface area (Å²) in [6.07, 6.45) is 15.7. The summed E-state index contributed by atoms with van der Waals surface area (Å²) in [6.45, 7) is 0.379. The number of hydrogen-bond acceptors (Lipinski definition) is 4. The summed E-state index contributed by atoms with van der Waals surface area (Å²) in [4.78, 5) is 7.06. The largest absolute Gasteiger partial charge is 0.396 e. The van der Waals surface area contributed by atoms with Crippen LogP contribution in [0.4, 0.5) is 5.95 Å². The minimum absolute atomic E-state index is 0.379. The van der Waals surface area contributed by atoms with Crippen LogP contribution >= 0.6 is 0 Å². The van der Waals surface area contributed by atoms with Gasteiger partial charge in [0.15, 0.2) is 0 Å². The van der Waals surface area contributed by atoms with Crippen molar-refractivity contribution in [1.82, 2.24) is 9.97 Å². The van der Waals surface area contributed by atoms with Gasteiger partial charge in [-0.1, -0.05) is 0 Å². The molecule has 0 aliphatic heterocycles. The Morgan fingerprint density at radius 2 is 2.00 bits per heavy atom. The lowest BCUT2D eigenvalue weighted by Crippen LogP contribution is -2.33. The monoisotopic (exact) mass is 290 g/mol. The van der Waals surface area contributed by atoms with Crippen LogP contribution in [0.15, 0.2) is 17.5 Å². The molecule has 3 N–H and O–H groups in total. The van der Waals surface area contributed by atoms with Crippen LogP contribution in [-0.4, -0.2) is 27.9 Å². The summed E-state index contributed by atoms with van der Waals surface area (Å²) in [7, 11) is 0. The molecule has 0 atom stereocenters. The number of nitrogens with one attached hydrogen (secondary N) is 2. The van der Waals surface area contributed by atoms with Gasteiger partial charge in [0, 0.05) is 25.2 Å². The van der Waals surface area contributed by atoms with Crippen molar-refractivity contribution in [2.24, 2.45) is 22.4 Å². The topological polar surface area (TPSA) is 73.3 Å². The summed E-state index contributed by atoms with van der Waals surface area (Å²) in [5.41, 5.74) is 3.51. The maximum Gasteiger partial charge on any atom is 0.220 e. The molecule has 2 aliphatic rings. The van der Waals surface area contributed by atoms with E-state index in [1.807, 2.05) is 0 Å². The molecule has 0 saturated heterocycles. The van der Waals surface area contributed by atoms with Gasteiger partial charge in [-0.2, -0.15) is 5.10 Å². The van der Waals surface area contributed by atoms with Crippen molar-refractivity contribution in [2.45, 2.75) is 51.4 Å². The number of hydrazone groups is 1. The van der Waals surface area contributed by atoms with Gasteiger partial charge in [-0.3, -0.25) is 0 Å². The molecule has 0 bridgehead atoms. The van der Waals surface area contributed by atoms with E-state index in [4.69, 9.17) is 0 Å². The molecule has 0 radical (unpaired) electrons. The highest BCUT2D eigenvalue weighted by atomic mass is 16.3. The standard InChI is InChI=1S/C16H26N4O/c21-12-14-3-7-16(8-4-14)5-1-13(2-6-16)11-19-20-15-17-9-10-18-15/h9-11,13-14,21H,1-8,12H2,(H2,17,18,20)/b19-11+. The van der Waals surface area contributed by atoms with Crippen molar-refractivity contribution >= 4 is 12.2 Å². The van der Waals surface area contributed by atoms with E-state index in [1.165, 1.54) is 51.4 Å². The Morgan fingerprint density at radius 1 is 1.29 bits per heavy atom. The molecular formula is C16H26N4O. The molecule has 2 aliphatic carbocycles. The average molecular weight is 290 g/mol. The number of hydrogen-bond donors (Lipinski definition) is 3. The number of H-pyrrole nitrogens is 1. The fourth-order valence-electron chi connectivity index (χ4n) is 3.90. The van der Waals surface area contributed by atoms with Crippen LogP contribution in [0.5, 0.6) is 0 Å². The fourth-order valence-corrected chi connectivity index (χ4v) is 3.90. The molecule has 2 fully saturated rings. The van der Waals surface area contributed by atoms with E-state index >= 15 is 0 Å². The lowest BCUT2D eigenvalue weighted by atomic mass is 9.62. The number of aromatic nitrogens is 2. The third-order valence-corrected chi connectivity index (χ3v) is 5.47. The lowest BCUT2D eigenvalue weighted by molar-refractivity contribution is 0.0674. The van der Waals surface area contributed by atoms with Crippen LogP contribution < -0.4 is 5.43 Å². The second-order valence-electron chi connectivity index (χ2n) is 6.79. The number of nitrogens with zero attached hydrogens (tertiary/aromatic N) is 2. The van der Waals surface area contributed by atoms with Crippen molar-refractivity contribution < 1.29 is 5.11 Å². The Bertz CT molecular complexity index is 439.